The zero-order valence-electron chi connectivity index (χ0n) is 19.1. The zero-order chi connectivity index (χ0) is 25.5. The molecule has 9 nitrogen and oxygen atoms in total. The Hall–Kier alpha value is -3.53. The Labute approximate surface area is 209 Å². The highest BCUT2D eigenvalue weighted by Gasteiger charge is 2.29. The van der Waals surface area contributed by atoms with Crippen molar-refractivity contribution in [2.45, 2.75) is 49.1 Å². The maximum Gasteiger partial charge on any atom is 0.420 e. The number of rotatable bonds is 5. The number of hydrogen-bond acceptors (Lipinski definition) is 8. The maximum absolute atomic E-state index is 15.1. The zero-order valence-corrected chi connectivity index (χ0v) is 20.7. The van der Waals surface area contributed by atoms with Gasteiger partial charge in [0.05, 0.1) is 11.6 Å². The molecular weight excluding hydrogens is 507 g/mol. The molecule has 1 unspecified atom stereocenters. The van der Waals surface area contributed by atoms with Crippen LogP contribution in [0.2, 0.25) is 0 Å². The van der Waals surface area contributed by atoms with Gasteiger partial charge in [-0.2, -0.15) is 4.37 Å². The Morgan fingerprint density at radius 3 is 2.75 bits per heavy atom. The lowest BCUT2D eigenvalue weighted by Gasteiger charge is -2.16. The molecule has 1 fully saturated rings. The van der Waals surface area contributed by atoms with Gasteiger partial charge in [0, 0.05) is 29.2 Å². The van der Waals surface area contributed by atoms with Crippen molar-refractivity contribution in [2.24, 2.45) is 0 Å². The summed E-state index contributed by atoms with van der Waals surface area (Å²) >= 11 is 0.797. The normalized spacial score (nSPS) is 16.0. The largest absolute Gasteiger partial charge is 0.420 e. The fourth-order valence-electron chi connectivity index (χ4n) is 4.38. The molecule has 186 valence electrons. The number of nitrogens with zero attached hydrogens (tertiary/aromatic N) is 3. The monoisotopic (exact) mass is 528 g/mol. The Balaban J connectivity index is 1.55. The Morgan fingerprint density at radius 1 is 1.28 bits per heavy atom. The molecule has 2 heterocycles. The van der Waals surface area contributed by atoms with E-state index < -0.39 is 38.1 Å². The van der Waals surface area contributed by atoms with Gasteiger partial charge in [-0.25, -0.2) is 22.6 Å². The SMILES string of the molecule is CC(c1ccccc1C#CC1(O)CCCC1)n1c(=O)oc2cc(S(=O)(=O)Nc3ncns3)c(F)cc21. The van der Waals surface area contributed by atoms with Gasteiger partial charge in [-0.15, -0.1) is 0 Å². The Morgan fingerprint density at radius 2 is 2.03 bits per heavy atom. The summed E-state index contributed by atoms with van der Waals surface area (Å²) in [5.41, 5.74) is 0.272. The number of anilines is 1. The molecule has 2 aromatic heterocycles. The minimum Gasteiger partial charge on any atom is -0.408 e. The summed E-state index contributed by atoms with van der Waals surface area (Å²) in [4.78, 5) is 15.9. The van der Waals surface area contributed by atoms with E-state index in [9.17, 15) is 18.3 Å². The molecule has 0 saturated heterocycles. The minimum absolute atomic E-state index is 0.0258. The number of hydrogen-bond donors (Lipinski definition) is 2. The highest BCUT2D eigenvalue weighted by Crippen LogP contribution is 2.31. The van der Waals surface area contributed by atoms with Gasteiger partial charge in [-0.05, 0) is 44.2 Å². The molecule has 1 aliphatic rings. The summed E-state index contributed by atoms with van der Waals surface area (Å²) in [7, 11) is -4.34. The molecule has 12 heteroatoms. The van der Waals surface area contributed by atoms with Crippen molar-refractivity contribution < 1.29 is 22.3 Å². The first-order chi connectivity index (χ1) is 17.2. The topological polar surface area (TPSA) is 127 Å². The van der Waals surface area contributed by atoms with Crippen LogP contribution in [0.15, 0.2) is 56.8 Å². The second kappa shape index (κ2) is 9.16. The molecule has 0 spiro atoms. The minimum atomic E-state index is -4.34. The number of aliphatic hydroxyl groups is 1. The number of aromatic nitrogens is 3. The predicted octanol–water partition coefficient (Wildman–Crippen LogP) is 3.65. The van der Waals surface area contributed by atoms with Gasteiger partial charge in [0.1, 0.15) is 22.6 Å². The second-order valence-corrected chi connectivity index (χ2v) is 11.0. The third-order valence-electron chi connectivity index (χ3n) is 6.20. The molecular formula is C24H21FN4O5S2. The van der Waals surface area contributed by atoms with Crippen LogP contribution in [0.1, 0.15) is 49.8 Å². The summed E-state index contributed by atoms with van der Waals surface area (Å²) in [6, 6.07) is 8.48. The predicted molar refractivity (Wildman–Crippen MR) is 132 cm³/mol. The van der Waals surface area contributed by atoms with Gasteiger partial charge in [0.15, 0.2) is 5.58 Å². The maximum atomic E-state index is 15.1. The van der Waals surface area contributed by atoms with Crippen molar-refractivity contribution in [3.05, 3.63) is 70.2 Å². The van der Waals surface area contributed by atoms with Gasteiger partial charge in [-0.1, -0.05) is 30.0 Å². The van der Waals surface area contributed by atoms with Crippen LogP contribution < -0.4 is 10.5 Å². The van der Waals surface area contributed by atoms with Crippen molar-refractivity contribution in [1.29, 1.82) is 0 Å². The molecule has 0 radical (unpaired) electrons. The number of oxazole rings is 1. The molecule has 2 N–H and O–H groups in total. The second-order valence-electron chi connectivity index (χ2n) is 8.59. The third kappa shape index (κ3) is 4.53. The van der Waals surface area contributed by atoms with Crippen molar-refractivity contribution in [3.8, 4) is 11.8 Å². The number of benzene rings is 2. The van der Waals surface area contributed by atoms with Crippen LogP contribution in [0.5, 0.6) is 0 Å². The molecule has 0 amide bonds. The van der Waals surface area contributed by atoms with Crippen LogP contribution in [0.3, 0.4) is 0 Å². The molecule has 1 aliphatic carbocycles. The first-order valence-corrected chi connectivity index (χ1v) is 13.4. The van der Waals surface area contributed by atoms with Gasteiger partial charge < -0.3 is 9.52 Å². The van der Waals surface area contributed by atoms with E-state index in [1.54, 1.807) is 31.2 Å². The van der Waals surface area contributed by atoms with Crippen LogP contribution in [-0.2, 0) is 10.0 Å². The number of nitrogens with one attached hydrogen (secondary N) is 1. The Kier molecular flexibility index (Phi) is 6.15. The van der Waals surface area contributed by atoms with E-state index in [0.717, 1.165) is 36.5 Å². The van der Waals surface area contributed by atoms with Crippen molar-refractivity contribution in [3.63, 3.8) is 0 Å². The van der Waals surface area contributed by atoms with Crippen LogP contribution in [0, 0.1) is 17.7 Å². The lowest BCUT2D eigenvalue weighted by atomic mass is 9.98. The summed E-state index contributed by atoms with van der Waals surface area (Å²) in [5, 5.41) is 10.6. The quantitative estimate of drug-likeness (QED) is 0.379. The number of fused-ring (bicyclic) bond motifs is 1. The van der Waals surface area contributed by atoms with Crippen LogP contribution in [0.25, 0.3) is 11.1 Å². The van der Waals surface area contributed by atoms with Gasteiger partial charge >= 0.3 is 5.76 Å². The highest BCUT2D eigenvalue weighted by molar-refractivity contribution is 7.93. The fourth-order valence-corrected chi connectivity index (χ4v) is 6.12. The van der Waals surface area contributed by atoms with Crippen molar-refractivity contribution in [1.82, 2.24) is 13.9 Å². The average molecular weight is 529 g/mol. The van der Waals surface area contributed by atoms with E-state index in [1.807, 2.05) is 0 Å². The van der Waals surface area contributed by atoms with Crippen LogP contribution >= 0.6 is 11.5 Å². The van der Waals surface area contributed by atoms with Gasteiger partial charge in [0.2, 0.25) is 5.13 Å². The fraction of sp³-hybridized carbons (Fsp3) is 0.292. The summed E-state index contributed by atoms with van der Waals surface area (Å²) < 4.78 is 52.8. The molecule has 4 aromatic rings. The smallest absolute Gasteiger partial charge is 0.408 e. The summed E-state index contributed by atoms with van der Waals surface area (Å²) in [5.74, 6) is 4.19. The first kappa shape index (κ1) is 24.2. The number of sulfonamides is 1. The molecule has 2 aromatic carbocycles. The molecule has 36 heavy (non-hydrogen) atoms. The van der Waals surface area contributed by atoms with E-state index in [2.05, 4.69) is 25.9 Å². The lowest BCUT2D eigenvalue weighted by molar-refractivity contribution is 0.110. The van der Waals surface area contributed by atoms with E-state index in [1.165, 1.54) is 10.9 Å². The standard InChI is InChI=1S/C24H21FN4O5S2/c1-15(17-7-3-2-6-16(17)8-11-24(31)9-4-5-10-24)29-19-12-18(25)21(13-20(19)34-23(29)30)36(32,33)28-22-26-14-27-35-22/h2-3,6-7,12-15,31H,4-5,9-10H2,1H3,(H,26,27,28). The molecule has 5 rings (SSSR count). The lowest BCUT2D eigenvalue weighted by Crippen LogP contribution is -2.21. The van der Waals surface area contributed by atoms with E-state index in [0.29, 0.717) is 24.0 Å². The van der Waals surface area contributed by atoms with Gasteiger partial charge in [-0.3, -0.25) is 9.29 Å². The van der Waals surface area contributed by atoms with Crippen LogP contribution in [-0.4, -0.2) is 33.0 Å². The van der Waals surface area contributed by atoms with E-state index >= 15 is 4.39 Å². The third-order valence-corrected chi connectivity index (χ3v) is 8.26. The Bertz CT molecular complexity index is 1660. The average Bonchev–Trinajstić information content (AvgIpc) is 3.57. The molecule has 1 saturated carbocycles. The molecule has 1 atom stereocenters. The highest BCUT2D eigenvalue weighted by atomic mass is 32.2. The number of halogens is 1. The summed E-state index contributed by atoms with van der Waals surface area (Å²) in [6.07, 6.45) is 4.22. The summed E-state index contributed by atoms with van der Waals surface area (Å²) in [6.45, 7) is 1.74. The van der Waals surface area contributed by atoms with Crippen molar-refractivity contribution >= 4 is 37.8 Å². The van der Waals surface area contributed by atoms with Crippen molar-refractivity contribution in [2.75, 3.05) is 4.72 Å². The first-order valence-electron chi connectivity index (χ1n) is 11.2. The molecule has 0 aliphatic heterocycles. The van der Waals surface area contributed by atoms with Gasteiger partial charge in [0.25, 0.3) is 10.0 Å². The van der Waals surface area contributed by atoms with Crippen LogP contribution in [0.4, 0.5) is 9.52 Å². The van der Waals surface area contributed by atoms with E-state index in [4.69, 9.17) is 4.42 Å². The molecule has 0 bridgehead atoms. The van der Waals surface area contributed by atoms with E-state index in [-0.39, 0.29) is 16.2 Å².